The van der Waals surface area contributed by atoms with Crippen molar-refractivity contribution in [1.82, 2.24) is 4.90 Å². The number of carbonyl (C=O) groups is 1. The van der Waals surface area contributed by atoms with Crippen molar-refractivity contribution in [1.29, 1.82) is 0 Å². The zero-order chi connectivity index (χ0) is 14.9. The lowest BCUT2D eigenvalue weighted by Gasteiger charge is -2.34. The number of sulfone groups is 1. The lowest BCUT2D eigenvalue weighted by atomic mass is 10.1. The topological polar surface area (TPSA) is 54.5 Å². The Morgan fingerprint density at radius 1 is 1.45 bits per heavy atom. The van der Waals surface area contributed by atoms with Gasteiger partial charge in [0.25, 0.3) is 5.91 Å². The minimum absolute atomic E-state index is 0.212. The second-order valence-corrected chi connectivity index (χ2v) is 9.03. The Hall–Kier alpha value is -0.530. The van der Waals surface area contributed by atoms with Gasteiger partial charge in [0.05, 0.1) is 0 Å². The van der Waals surface area contributed by atoms with Gasteiger partial charge in [0, 0.05) is 34.3 Å². The van der Waals surface area contributed by atoms with Crippen LogP contribution in [0.15, 0.2) is 22.7 Å². The van der Waals surface area contributed by atoms with Crippen LogP contribution in [0.1, 0.15) is 15.9 Å². The number of nitrogens with zero attached hydrogens (tertiary/aromatic N) is 1. The van der Waals surface area contributed by atoms with Crippen LogP contribution in [0.25, 0.3) is 0 Å². The predicted octanol–water partition coefficient (Wildman–Crippen LogP) is 2.32. The minimum atomic E-state index is -3.27. The van der Waals surface area contributed by atoms with E-state index < -0.39 is 15.2 Å². The molecular formula is C13H16BrNO3S2. The Kier molecular flexibility index (Phi) is 4.81. The molecule has 7 heteroatoms. The first-order chi connectivity index (χ1) is 9.30. The molecule has 20 heavy (non-hydrogen) atoms. The average Bonchev–Trinajstić information content (AvgIpc) is 2.40. The van der Waals surface area contributed by atoms with Gasteiger partial charge in [0.2, 0.25) is 0 Å². The summed E-state index contributed by atoms with van der Waals surface area (Å²) in [6.07, 6.45) is 1.19. The fourth-order valence-electron chi connectivity index (χ4n) is 2.11. The first-order valence-electron chi connectivity index (χ1n) is 6.14. The Balaban J connectivity index is 2.32. The van der Waals surface area contributed by atoms with Crippen LogP contribution in [0.2, 0.25) is 0 Å². The first kappa shape index (κ1) is 15.9. The zero-order valence-corrected chi connectivity index (χ0v) is 14.5. The van der Waals surface area contributed by atoms with Crippen molar-refractivity contribution in [3.05, 3.63) is 33.8 Å². The highest BCUT2D eigenvalue weighted by atomic mass is 79.9. The van der Waals surface area contributed by atoms with Gasteiger partial charge in [-0.15, -0.1) is 0 Å². The van der Waals surface area contributed by atoms with E-state index in [1.165, 1.54) is 11.2 Å². The van der Waals surface area contributed by atoms with E-state index >= 15 is 0 Å². The van der Waals surface area contributed by atoms with Crippen LogP contribution in [-0.4, -0.2) is 48.9 Å². The normalized spacial score (nSPS) is 19.9. The molecule has 0 bridgehead atoms. The van der Waals surface area contributed by atoms with Crippen molar-refractivity contribution in [2.24, 2.45) is 0 Å². The second kappa shape index (κ2) is 6.07. The molecule has 2 rings (SSSR count). The summed E-state index contributed by atoms with van der Waals surface area (Å²) in [5.41, 5.74) is 1.49. The van der Waals surface area contributed by atoms with Crippen LogP contribution >= 0.6 is 27.7 Å². The highest BCUT2D eigenvalue weighted by molar-refractivity contribution is 9.10. The molecule has 0 aliphatic carbocycles. The van der Waals surface area contributed by atoms with Crippen LogP contribution in [0, 0.1) is 6.92 Å². The minimum Gasteiger partial charge on any atom is -0.320 e. The largest absolute Gasteiger partial charge is 0.320 e. The summed E-state index contributed by atoms with van der Waals surface area (Å²) >= 11 is 4.97. The van der Waals surface area contributed by atoms with Crippen LogP contribution in [0.4, 0.5) is 0 Å². The van der Waals surface area contributed by atoms with E-state index in [1.807, 2.05) is 13.0 Å². The maximum absolute atomic E-state index is 12.6. The summed E-state index contributed by atoms with van der Waals surface area (Å²) in [6.45, 7) is 2.37. The highest BCUT2D eigenvalue weighted by Crippen LogP contribution is 2.24. The average molecular weight is 378 g/mol. The molecule has 1 aromatic carbocycles. The van der Waals surface area contributed by atoms with Gasteiger partial charge >= 0.3 is 0 Å². The molecule has 1 fully saturated rings. The number of rotatable bonds is 2. The first-order valence-corrected chi connectivity index (χ1v) is 10.0. The summed E-state index contributed by atoms with van der Waals surface area (Å²) in [7, 11) is -3.27. The Morgan fingerprint density at radius 2 is 2.15 bits per heavy atom. The van der Waals surface area contributed by atoms with Crippen molar-refractivity contribution in [3.63, 3.8) is 0 Å². The molecule has 0 radical (unpaired) electrons. The Labute approximate surface area is 132 Å². The molecule has 1 heterocycles. The van der Waals surface area contributed by atoms with Crippen molar-refractivity contribution in [3.8, 4) is 0 Å². The van der Waals surface area contributed by atoms with Gasteiger partial charge in [0.1, 0.15) is 5.37 Å². The Morgan fingerprint density at radius 3 is 2.75 bits per heavy atom. The summed E-state index contributed by atoms with van der Waals surface area (Å²) in [6, 6.07) is 5.32. The number of hydrogen-bond acceptors (Lipinski definition) is 4. The molecule has 4 nitrogen and oxygen atoms in total. The van der Waals surface area contributed by atoms with E-state index in [4.69, 9.17) is 0 Å². The molecule has 1 aliphatic heterocycles. The summed E-state index contributed by atoms with van der Waals surface area (Å²) in [5, 5.41) is -0.724. The predicted molar refractivity (Wildman–Crippen MR) is 85.9 cm³/mol. The monoisotopic (exact) mass is 377 g/mol. The summed E-state index contributed by atoms with van der Waals surface area (Å²) in [4.78, 5) is 14.0. The van der Waals surface area contributed by atoms with Crippen LogP contribution in [0.3, 0.4) is 0 Å². The fourth-order valence-corrected chi connectivity index (χ4v) is 5.17. The molecule has 0 aromatic heterocycles. The molecule has 1 aromatic rings. The standard InChI is InChI=1S/C13H16BrNO3S2/c1-9-7-10(3-4-11(9)14)13(16)15-5-6-19-8-12(15)20(2,17)18/h3-4,7,12H,5-6,8H2,1-2H3. The van der Waals surface area contributed by atoms with E-state index in [-0.39, 0.29) is 5.91 Å². The van der Waals surface area contributed by atoms with E-state index in [2.05, 4.69) is 15.9 Å². The van der Waals surface area contributed by atoms with Crippen LogP contribution < -0.4 is 0 Å². The smallest absolute Gasteiger partial charge is 0.254 e. The Bertz CT molecular complexity index is 631. The van der Waals surface area contributed by atoms with Gasteiger partial charge in [-0.2, -0.15) is 11.8 Å². The van der Waals surface area contributed by atoms with E-state index in [1.54, 1.807) is 23.9 Å². The van der Waals surface area contributed by atoms with Gasteiger partial charge < -0.3 is 4.90 Å². The number of carbonyl (C=O) groups excluding carboxylic acids is 1. The van der Waals surface area contributed by atoms with Gasteiger partial charge in [-0.1, -0.05) is 15.9 Å². The second-order valence-electron chi connectivity index (χ2n) is 4.82. The molecule has 0 N–H and O–H groups in total. The molecule has 1 unspecified atom stereocenters. The van der Waals surface area contributed by atoms with Crippen molar-refractivity contribution < 1.29 is 13.2 Å². The number of hydrogen-bond donors (Lipinski definition) is 0. The fraction of sp³-hybridized carbons (Fsp3) is 0.462. The third-order valence-corrected chi connectivity index (χ3v) is 6.78. The highest BCUT2D eigenvalue weighted by Gasteiger charge is 2.34. The molecular weight excluding hydrogens is 362 g/mol. The van der Waals surface area contributed by atoms with Crippen LogP contribution in [0.5, 0.6) is 0 Å². The van der Waals surface area contributed by atoms with Crippen molar-refractivity contribution >= 4 is 43.4 Å². The van der Waals surface area contributed by atoms with Gasteiger partial charge in [-0.05, 0) is 30.7 Å². The molecule has 110 valence electrons. The molecule has 0 saturated carbocycles. The third kappa shape index (κ3) is 3.38. The summed E-state index contributed by atoms with van der Waals surface area (Å²) in [5.74, 6) is 1.00. The summed E-state index contributed by atoms with van der Waals surface area (Å²) < 4.78 is 24.6. The molecule has 1 saturated heterocycles. The molecule has 1 amide bonds. The zero-order valence-electron chi connectivity index (χ0n) is 11.3. The molecule has 1 atom stereocenters. The molecule has 1 aliphatic rings. The van der Waals surface area contributed by atoms with E-state index in [0.717, 1.165) is 15.8 Å². The van der Waals surface area contributed by atoms with Gasteiger partial charge in [-0.3, -0.25) is 4.79 Å². The maximum Gasteiger partial charge on any atom is 0.254 e. The third-order valence-electron chi connectivity index (χ3n) is 3.24. The number of thioether (sulfide) groups is 1. The molecule has 0 spiro atoms. The van der Waals surface area contributed by atoms with E-state index in [0.29, 0.717) is 17.9 Å². The maximum atomic E-state index is 12.6. The van der Waals surface area contributed by atoms with Crippen LogP contribution in [-0.2, 0) is 9.84 Å². The lowest BCUT2D eigenvalue weighted by Crippen LogP contribution is -2.49. The number of benzene rings is 1. The van der Waals surface area contributed by atoms with Crippen molar-refractivity contribution in [2.45, 2.75) is 12.3 Å². The lowest BCUT2D eigenvalue weighted by molar-refractivity contribution is 0.0749. The van der Waals surface area contributed by atoms with E-state index in [9.17, 15) is 13.2 Å². The number of amides is 1. The van der Waals surface area contributed by atoms with Gasteiger partial charge in [0.15, 0.2) is 9.84 Å². The number of aryl methyl sites for hydroxylation is 1. The number of halogens is 1. The van der Waals surface area contributed by atoms with Crippen molar-refractivity contribution in [2.75, 3.05) is 24.3 Å². The van der Waals surface area contributed by atoms with Gasteiger partial charge in [-0.25, -0.2) is 8.42 Å². The SMILES string of the molecule is Cc1cc(C(=O)N2CCSCC2S(C)(=O)=O)ccc1Br. The quantitative estimate of drug-likeness (QED) is 0.793.